The van der Waals surface area contributed by atoms with Gasteiger partial charge < -0.3 is 25.4 Å². The van der Waals surface area contributed by atoms with Crippen LogP contribution in [0.1, 0.15) is 22.3 Å². The smallest absolute Gasteiger partial charge is 0.251 e. The van der Waals surface area contributed by atoms with Gasteiger partial charge in [-0.15, -0.1) is 11.3 Å². The molecule has 140 valence electrons. The molecular formula is C18H23N3O4S. The first-order valence-corrected chi connectivity index (χ1v) is 8.89. The van der Waals surface area contributed by atoms with E-state index >= 15 is 0 Å². The van der Waals surface area contributed by atoms with Gasteiger partial charge in [-0.25, -0.2) is 0 Å². The molecule has 8 heteroatoms. The Bertz CT molecular complexity index is 776. The number of nitrogens with zero attached hydrogens (tertiary/aromatic N) is 1. The van der Waals surface area contributed by atoms with Crippen LogP contribution < -0.4 is 20.5 Å². The molecule has 0 saturated heterocycles. The first kappa shape index (κ1) is 19.7. The summed E-state index contributed by atoms with van der Waals surface area (Å²) >= 11 is 1.28. The van der Waals surface area contributed by atoms with Crippen LogP contribution in [0.4, 0.5) is 5.00 Å². The summed E-state index contributed by atoms with van der Waals surface area (Å²) in [4.78, 5) is 25.4. The quantitative estimate of drug-likeness (QED) is 0.699. The molecule has 0 unspecified atom stereocenters. The number of nitrogens with one attached hydrogen (secondary N) is 1. The topological polar surface area (TPSA) is 93.9 Å². The fourth-order valence-corrected chi connectivity index (χ4v) is 3.24. The number of nitrogens with two attached hydrogens (primary N) is 1. The molecule has 2 rings (SSSR count). The summed E-state index contributed by atoms with van der Waals surface area (Å²) in [6.07, 6.45) is 0.297. The molecule has 2 amide bonds. The Morgan fingerprint density at radius 3 is 2.65 bits per heavy atom. The number of rotatable bonds is 9. The van der Waals surface area contributed by atoms with Gasteiger partial charge in [-0.2, -0.15) is 0 Å². The van der Waals surface area contributed by atoms with Crippen molar-refractivity contribution in [1.82, 2.24) is 4.90 Å². The lowest BCUT2D eigenvalue weighted by molar-refractivity contribution is -0.116. The van der Waals surface area contributed by atoms with Crippen LogP contribution in [0.15, 0.2) is 29.6 Å². The second-order valence-corrected chi connectivity index (χ2v) is 6.66. The van der Waals surface area contributed by atoms with E-state index in [0.29, 0.717) is 30.1 Å². The predicted octanol–water partition coefficient (Wildman–Crippen LogP) is 2.32. The van der Waals surface area contributed by atoms with Gasteiger partial charge in [0.2, 0.25) is 5.91 Å². The van der Waals surface area contributed by atoms with Crippen molar-refractivity contribution in [2.75, 3.05) is 33.1 Å². The number of anilines is 1. The largest absolute Gasteiger partial charge is 0.497 e. The number of amides is 2. The van der Waals surface area contributed by atoms with E-state index in [-0.39, 0.29) is 5.91 Å². The van der Waals surface area contributed by atoms with E-state index in [0.717, 1.165) is 17.1 Å². The predicted molar refractivity (Wildman–Crippen MR) is 102 cm³/mol. The fourth-order valence-electron chi connectivity index (χ4n) is 2.43. The number of benzene rings is 1. The van der Waals surface area contributed by atoms with Crippen LogP contribution in [-0.2, 0) is 11.3 Å². The van der Waals surface area contributed by atoms with Crippen LogP contribution in [0.2, 0.25) is 0 Å². The highest BCUT2D eigenvalue weighted by molar-refractivity contribution is 7.14. The molecule has 0 aliphatic rings. The van der Waals surface area contributed by atoms with Gasteiger partial charge in [0, 0.05) is 31.1 Å². The van der Waals surface area contributed by atoms with Crippen molar-refractivity contribution < 1.29 is 19.1 Å². The van der Waals surface area contributed by atoms with Gasteiger partial charge in [0.05, 0.1) is 19.8 Å². The van der Waals surface area contributed by atoms with Crippen molar-refractivity contribution in [3.05, 3.63) is 40.8 Å². The maximum atomic E-state index is 12.1. The summed E-state index contributed by atoms with van der Waals surface area (Å²) in [5.41, 5.74) is 6.62. The van der Waals surface area contributed by atoms with Crippen molar-refractivity contribution in [2.24, 2.45) is 5.73 Å². The van der Waals surface area contributed by atoms with Crippen LogP contribution in [0.5, 0.6) is 11.5 Å². The summed E-state index contributed by atoms with van der Waals surface area (Å²) in [5.74, 6) is 0.757. The molecule has 0 spiro atoms. The van der Waals surface area contributed by atoms with Crippen molar-refractivity contribution in [3.8, 4) is 11.5 Å². The Morgan fingerprint density at radius 2 is 2.00 bits per heavy atom. The molecule has 0 atom stereocenters. The molecule has 2 aromatic rings. The van der Waals surface area contributed by atoms with Gasteiger partial charge in [-0.3, -0.25) is 9.59 Å². The number of carbonyl (C=O) groups excluding carboxylic acids is 2. The molecule has 1 aromatic heterocycles. The second-order valence-electron chi connectivity index (χ2n) is 5.74. The molecule has 0 aliphatic carbocycles. The third kappa shape index (κ3) is 5.21. The summed E-state index contributed by atoms with van der Waals surface area (Å²) in [5, 5.41) is 4.95. The van der Waals surface area contributed by atoms with E-state index in [2.05, 4.69) is 5.32 Å². The van der Waals surface area contributed by atoms with E-state index < -0.39 is 5.91 Å². The number of ether oxygens (including phenoxy) is 2. The number of hydrogen-bond donors (Lipinski definition) is 2. The van der Waals surface area contributed by atoms with Gasteiger partial charge in [0.15, 0.2) is 0 Å². The van der Waals surface area contributed by atoms with Gasteiger partial charge in [0.25, 0.3) is 5.91 Å². The lowest BCUT2D eigenvalue weighted by atomic mass is 10.1. The van der Waals surface area contributed by atoms with E-state index in [1.54, 1.807) is 25.7 Å². The SMILES string of the molecule is COc1ccc(CN(C)CCC(=O)Nc2sccc2C(N)=O)c(OC)c1. The fraction of sp³-hybridized carbons (Fsp3) is 0.333. The molecule has 0 radical (unpaired) electrons. The van der Waals surface area contributed by atoms with Crippen LogP contribution in [-0.4, -0.2) is 44.5 Å². The number of hydrogen-bond acceptors (Lipinski definition) is 6. The Hall–Kier alpha value is -2.58. The highest BCUT2D eigenvalue weighted by Gasteiger charge is 2.14. The third-order valence-electron chi connectivity index (χ3n) is 3.84. The number of thiophene rings is 1. The Balaban J connectivity index is 1.88. The molecule has 1 aromatic carbocycles. The molecule has 3 N–H and O–H groups in total. The van der Waals surface area contributed by atoms with Crippen LogP contribution in [0.25, 0.3) is 0 Å². The number of methoxy groups -OCH3 is 2. The zero-order valence-electron chi connectivity index (χ0n) is 15.1. The second kappa shape index (κ2) is 9.21. The van der Waals surface area contributed by atoms with E-state index in [1.165, 1.54) is 11.3 Å². The third-order valence-corrected chi connectivity index (χ3v) is 4.67. The summed E-state index contributed by atoms with van der Waals surface area (Å²) in [7, 11) is 5.15. The summed E-state index contributed by atoms with van der Waals surface area (Å²) in [6, 6.07) is 7.25. The minimum atomic E-state index is -0.551. The monoisotopic (exact) mass is 377 g/mol. The Morgan fingerprint density at radius 1 is 1.23 bits per heavy atom. The first-order chi connectivity index (χ1) is 12.4. The average molecular weight is 377 g/mol. The van der Waals surface area contributed by atoms with Gasteiger partial charge in [-0.05, 0) is 24.6 Å². The minimum absolute atomic E-state index is 0.163. The molecular weight excluding hydrogens is 354 g/mol. The molecule has 0 saturated carbocycles. The van der Waals surface area contributed by atoms with Crippen LogP contribution in [0, 0.1) is 0 Å². The maximum absolute atomic E-state index is 12.1. The number of carbonyl (C=O) groups is 2. The lowest BCUT2D eigenvalue weighted by Crippen LogP contribution is -2.24. The maximum Gasteiger partial charge on any atom is 0.251 e. The van der Waals surface area contributed by atoms with Gasteiger partial charge in [-0.1, -0.05) is 6.07 Å². The highest BCUT2D eigenvalue weighted by atomic mass is 32.1. The Kier molecular flexibility index (Phi) is 6.99. The molecule has 0 bridgehead atoms. The standard InChI is InChI=1S/C18H23N3O4S/c1-21(11-12-4-5-13(24-2)10-15(12)25-3)8-6-16(22)20-18-14(17(19)23)7-9-26-18/h4-5,7,9-10H,6,8,11H2,1-3H3,(H2,19,23)(H,20,22). The van der Waals surface area contributed by atoms with E-state index in [9.17, 15) is 9.59 Å². The zero-order valence-corrected chi connectivity index (χ0v) is 15.9. The first-order valence-electron chi connectivity index (χ1n) is 8.01. The van der Waals surface area contributed by atoms with Crippen molar-refractivity contribution in [2.45, 2.75) is 13.0 Å². The molecule has 0 fully saturated rings. The van der Waals surface area contributed by atoms with Crippen LogP contribution in [0.3, 0.4) is 0 Å². The summed E-state index contributed by atoms with van der Waals surface area (Å²) in [6.45, 7) is 1.18. The van der Waals surface area contributed by atoms with E-state index in [4.69, 9.17) is 15.2 Å². The molecule has 1 heterocycles. The molecule has 7 nitrogen and oxygen atoms in total. The van der Waals surface area contributed by atoms with Crippen molar-refractivity contribution >= 4 is 28.2 Å². The van der Waals surface area contributed by atoms with E-state index in [1.807, 2.05) is 30.1 Å². The zero-order chi connectivity index (χ0) is 19.1. The van der Waals surface area contributed by atoms with Crippen LogP contribution >= 0.6 is 11.3 Å². The molecule has 0 aliphatic heterocycles. The van der Waals surface area contributed by atoms with Gasteiger partial charge >= 0.3 is 0 Å². The normalized spacial score (nSPS) is 10.6. The van der Waals surface area contributed by atoms with Crippen molar-refractivity contribution in [3.63, 3.8) is 0 Å². The number of primary amides is 1. The van der Waals surface area contributed by atoms with Gasteiger partial charge in [0.1, 0.15) is 16.5 Å². The molecule has 26 heavy (non-hydrogen) atoms. The minimum Gasteiger partial charge on any atom is -0.497 e. The summed E-state index contributed by atoms with van der Waals surface area (Å²) < 4.78 is 10.6. The van der Waals surface area contributed by atoms with Crippen molar-refractivity contribution in [1.29, 1.82) is 0 Å². The Labute approximate surface area is 156 Å². The lowest BCUT2D eigenvalue weighted by Gasteiger charge is -2.18. The average Bonchev–Trinajstić information content (AvgIpc) is 3.08. The highest BCUT2D eigenvalue weighted by Crippen LogP contribution is 2.26.